The Balaban J connectivity index is 2.34. The number of nitrogens with zero attached hydrogens (tertiary/aromatic N) is 1. The molecule has 1 atom stereocenters. The van der Waals surface area contributed by atoms with E-state index in [9.17, 15) is 13.2 Å². The SMILES string of the molecule is NCC1CC(c2ccccc2C(F)(F)F)=NO1. The maximum Gasteiger partial charge on any atom is 0.417 e. The number of nitrogens with two attached hydrogens (primary N) is 1. The molecule has 1 aromatic rings. The molecule has 1 unspecified atom stereocenters. The molecule has 1 heterocycles. The number of benzene rings is 1. The van der Waals surface area contributed by atoms with Crippen LogP contribution in [-0.2, 0) is 11.0 Å². The Morgan fingerprint density at radius 1 is 1.35 bits per heavy atom. The van der Waals surface area contributed by atoms with Crippen LogP contribution in [0.15, 0.2) is 29.4 Å². The highest BCUT2D eigenvalue weighted by molar-refractivity contribution is 6.02. The first-order valence-corrected chi connectivity index (χ1v) is 5.11. The van der Waals surface area contributed by atoms with E-state index in [1.165, 1.54) is 12.1 Å². The molecular weight excluding hydrogens is 233 g/mol. The molecule has 2 rings (SSSR count). The van der Waals surface area contributed by atoms with E-state index in [1.54, 1.807) is 6.07 Å². The minimum absolute atomic E-state index is 0.0657. The largest absolute Gasteiger partial charge is 0.417 e. The van der Waals surface area contributed by atoms with Gasteiger partial charge in [-0.3, -0.25) is 0 Å². The number of hydrogen-bond acceptors (Lipinski definition) is 3. The zero-order valence-electron chi connectivity index (χ0n) is 8.87. The molecule has 0 aliphatic carbocycles. The van der Waals surface area contributed by atoms with Crippen molar-refractivity contribution < 1.29 is 18.0 Å². The van der Waals surface area contributed by atoms with Crippen molar-refractivity contribution in [2.75, 3.05) is 6.54 Å². The number of halogens is 3. The summed E-state index contributed by atoms with van der Waals surface area (Å²) in [5.41, 5.74) is 5.05. The fourth-order valence-corrected chi connectivity index (χ4v) is 1.70. The van der Waals surface area contributed by atoms with Gasteiger partial charge in [0.05, 0.1) is 11.3 Å². The van der Waals surface area contributed by atoms with Gasteiger partial charge in [0.1, 0.15) is 6.10 Å². The minimum Gasteiger partial charge on any atom is -0.390 e. The molecule has 2 N–H and O–H groups in total. The van der Waals surface area contributed by atoms with Gasteiger partial charge in [0, 0.05) is 18.5 Å². The van der Waals surface area contributed by atoms with Crippen molar-refractivity contribution in [1.82, 2.24) is 0 Å². The highest BCUT2D eigenvalue weighted by atomic mass is 19.4. The summed E-state index contributed by atoms with van der Waals surface area (Å²) in [6, 6.07) is 5.32. The summed E-state index contributed by atoms with van der Waals surface area (Å²) in [6.07, 6.45) is -4.41. The summed E-state index contributed by atoms with van der Waals surface area (Å²) in [4.78, 5) is 4.93. The van der Waals surface area contributed by atoms with E-state index in [0.717, 1.165) is 6.07 Å². The molecule has 0 saturated heterocycles. The molecule has 0 amide bonds. The van der Waals surface area contributed by atoms with Crippen molar-refractivity contribution in [3.05, 3.63) is 35.4 Å². The average Bonchev–Trinajstić information content (AvgIpc) is 2.76. The molecule has 17 heavy (non-hydrogen) atoms. The van der Waals surface area contributed by atoms with E-state index >= 15 is 0 Å². The Morgan fingerprint density at radius 3 is 2.65 bits per heavy atom. The van der Waals surface area contributed by atoms with Crippen LogP contribution in [0.4, 0.5) is 13.2 Å². The molecule has 3 nitrogen and oxygen atoms in total. The van der Waals surface area contributed by atoms with Gasteiger partial charge in [0.15, 0.2) is 0 Å². The van der Waals surface area contributed by atoms with Crippen LogP contribution in [0.5, 0.6) is 0 Å². The van der Waals surface area contributed by atoms with Gasteiger partial charge < -0.3 is 10.6 Å². The molecule has 0 fully saturated rings. The Hall–Kier alpha value is -1.56. The van der Waals surface area contributed by atoms with Crippen LogP contribution in [0.2, 0.25) is 0 Å². The van der Waals surface area contributed by atoms with E-state index in [4.69, 9.17) is 10.6 Å². The van der Waals surface area contributed by atoms with E-state index in [1.807, 2.05) is 0 Å². The molecule has 0 bridgehead atoms. The maximum atomic E-state index is 12.8. The first kappa shape index (κ1) is 11.9. The highest BCUT2D eigenvalue weighted by Crippen LogP contribution is 2.33. The molecule has 1 aromatic carbocycles. The third-order valence-electron chi connectivity index (χ3n) is 2.54. The molecule has 1 aliphatic heterocycles. The summed E-state index contributed by atoms with van der Waals surface area (Å²) in [5, 5.41) is 3.67. The van der Waals surface area contributed by atoms with Gasteiger partial charge in [-0.25, -0.2) is 0 Å². The van der Waals surface area contributed by atoms with Gasteiger partial charge in [-0.1, -0.05) is 23.4 Å². The van der Waals surface area contributed by atoms with Gasteiger partial charge in [-0.05, 0) is 6.07 Å². The van der Waals surface area contributed by atoms with Crippen molar-refractivity contribution in [1.29, 1.82) is 0 Å². The molecule has 92 valence electrons. The Bertz CT molecular complexity index is 443. The van der Waals surface area contributed by atoms with Crippen molar-refractivity contribution in [2.24, 2.45) is 10.9 Å². The monoisotopic (exact) mass is 244 g/mol. The van der Waals surface area contributed by atoms with E-state index < -0.39 is 11.7 Å². The standard InChI is InChI=1S/C11H11F3N2O/c12-11(13,14)9-4-2-1-3-8(9)10-5-7(6-15)17-16-10/h1-4,7H,5-6,15H2. The quantitative estimate of drug-likeness (QED) is 0.866. The Labute approximate surface area is 96.0 Å². The summed E-state index contributed by atoms with van der Waals surface area (Å²) in [5.74, 6) is 0. The first-order chi connectivity index (χ1) is 8.02. The van der Waals surface area contributed by atoms with E-state index in [-0.39, 0.29) is 18.2 Å². The normalized spacial score (nSPS) is 20.0. The van der Waals surface area contributed by atoms with Gasteiger partial charge >= 0.3 is 6.18 Å². The summed E-state index contributed by atoms with van der Waals surface area (Å²) in [7, 11) is 0. The predicted octanol–water partition coefficient (Wildman–Crippen LogP) is 2.16. The molecule has 0 aromatic heterocycles. The first-order valence-electron chi connectivity index (χ1n) is 5.11. The number of oxime groups is 1. The van der Waals surface area contributed by atoms with Gasteiger partial charge in [0.2, 0.25) is 0 Å². The van der Waals surface area contributed by atoms with Crippen LogP contribution < -0.4 is 5.73 Å². The van der Waals surface area contributed by atoms with E-state index in [0.29, 0.717) is 12.1 Å². The lowest BCUT2D eigenvalue weighted by molar-refractivity contribution is -0.137. The van der Waals surface area contributed by atoms with Gasteiger partial charge in [0.25, 0.3) is 0 Å². The minimum atomic E-state index is -4.39. The molecule has 0 saturated carbocycles. The van der Waals surface area contributed by atoms with Crippen molar-refractivity contribution in [2.45, 2.75) is 18.7 Å². The predicted molar refractivity (Wildman–Crippen MR) is 56.5 cm³/mol. The summed E-state index contributed by atoms with van der Waals surface area (Å²) in [6.45, 7) is 0.237. The van der Waals surface area contributed by atoms with Crippen molar-refractivity contribution in [3.63, 3.8) is 0 Å². The average molecular weight is 244 g/mol. The molecule has 0 radical (unpaired) electrons. The topological polar surface area (TPSA) is 47.6 Å². The smallest absolute Gasteiger partial charge is 0.390 e. The third-order valence-corrected chi connectivity index (χ3v) is 2.54. The van der Waals surface area contributed by atoms with Crippen molar-refractivity contribution >= 4 is 5.71 Å². The fraction of sp³-hybridized carbons (Fsp3) is 0.364. The molecule has 1 aliphatic rings. The Kier molecular flexibility index (Phi) is 3.06. The second-order valence-corrected chi connectivity index (χ2v) is 3.75. The van der Waals surface area contributed by atoms with Gasteiger partial charge in [-0.2, -0.15) is 13.2 Å². The lowest BCUT2D eigenvalue weighted by Gasteiger charge is -2.11. The zero-order chi connectivity index (χ0) is 12.5. The molecule has 0 spiro atoms. The third kappa shape index (κ3) is 2.41. The van der Waals surface area contributed by atoms with Crippen LogP contribution in [0.3, 0.4) is 0 Å². The summed E-state index contributed by atoms with van der Waals surface area (Å²) >= 11 is 0. The highest BCUT2D eigenvalue weighted by Gasteiger charge is 2.35. The Morgan fingerprint density at radius 2 is 2.06 bits per heavy atom. The van der Waals surface area contributed by atoms with Gasteiger partial charge in [-0.15, -0.1) is 0 Å². The second-order valence-electron chi connectivity index (χ2n) is 3.75. The van der Waals surface area contributed by atoms with E-state index in [2.05, 4.69) is 5.16 Å². The molecular formula is C11H11F3N2O. The second kappa shape index (κ2) is 4.37. The fourth-order valence-electron chi connectivity index (χ4n) is 1.70. The lowest BCUT2D eigenvalue weighted by Crippen LogP contribution is -2.21. The maximum absolute atomic E-state index is 12.8. The molecule has 6 heteroatoms. The summed E-state index contributed by atoms with van der Waals surface area (Å²) < 4.78 is 38.3. The number of rotatable bonds is 2. The lowest BCUT2D eigenvalue weighted by atomic mass is 9.99. The number of alkyl halides is 3. The van der Waals surface area contributed by atoms with Crippen molar-refractivity contribution in [3.8, 4) is 0 Å². The van der Waals surface area contributed by atoms with Crippen LogP contribution >= 0.6 is 0 Å². The zero-order valence-corrected chi connectivity index (χ0v) is 8.87. The van der Waals surface area contributed by atoms with Crippen LogP contribution in [0, 0.1) is 0 Å². The van der Waals surface area contributed by atoms with Crippen LogP contribution in [0.1, 0.15) is 17.5 Å². The number of hydrogen-bond donors (Lipinski definition) is 1. The van der Waals surface area contributed by atoms with Crippen LogP contribution in [0.25, 0.3) is 0 Å². The van der Waals surface area contributed by atoms with Crippen LogP contribution in [-0.4, -0.2) is 18.4 Å².